The lowest BCUT2D eigenvalue weighted by atomic mass is 10.1. The highest BCUT2D eigenvalue weighted by Crippen LogP contribution is 2.39. The van der Waals surface area contributed by atoms with Crippen molar-refractivity contribution in [3.05, 3.63) is 48.6 Å². The van der Waals surface area contributed by atoms with Crippen molar-refractivity contribution in [3.8, 4) is 16.2 Å². The van der Waals surface area contributed by atoms with Gasteiger partial charge in [0, 0.05) is 16.0 Å². The lowest BCUT2D eigenvalue weighted by Crippen LogP contribution is -2.19. The highest BCUT2D eigenvalue weighted by molar-refractivity contribution is 7.20. The number of para-hydroxylation sites is 1. The number of carbonyl (C=O) groups is 2. The molecule has 2 amide bonds. The van der Waals surface area contributed by atoms with Gasteiger partial charge in [0.25, 0.3) is 0 Å². The van der Waals surface area contributed by atoms with Gasteiger partial charge in [-0.3, -0.25) is 10.1 Å². The first kappa shape index (κ1) is 14.8. The Hall–Kier alpha value is -2.60. The second kappa shape index (κ2) is 6.71. The number of thiophene rings is 1. The Bertz CT molecular complexity index is 679. The van der Waals surface area contributed by atoms with E-state index in [0.29, 0.717) is 29.2 Å². The molecule has 1 heterocycles. The average Bonchev–Trinajstić information content (AvgIpc) is 2.87. The van der Waals surface area contributed by atoms with Gasteiger partial charge in [-0.25, -0.2) is 4.79 Å². The fraction of sp³-hybridized carbons (Fsp3) is 0.0667. The Kier molecular flexibility index (Phi) is 4.73. The number of carbonyl (C=O) groups excluding carboxylic acids is 2. The molecule has 6 heteroatoms. The Morgan fingerprint density at radius 3 is 2.86 bits per heavy atom. The first-order valence-corrected chi connectivity index (χ1v) is 6.96. The van der Waals surface area contributed by atoms with E-state index >= 15 is 0 Å². The first-order chi connectivity index (χ1) is 10.2. The number of benzene rings is 1. The summed E-state index contributed by atoms with van der Waals surface area (Å²) in [6, 6.07) is 8.44. The van der Waals surface area contributed by atoms with Gasteiger partial charge in [0.2, 0.25) is 0 Å². The number of nitrogens with two attached hydrogens (primary N) is 1. The fourth-order valence-corrected chi connectivity index (χ4v) is 2.84. The summed E-state index contributed by atoms with van der Waals surface area (Å²) in [7, 11) is 0. The maximum atomic E-state index is 11.1. The van der Waals surface area contributed by atoms with Gasteiger partial charge >= 0.3 is 6.03 Å². The summed E-state index contributed by atoms with van der Waals surface area (Å²) in [5.74, 6) is 0.682. The third-order valence-corrected chi connectivity index (χ3v) is 3.73. The molecule has 0 aliphatic rings. The molecule has 0 atom stereocenters. The van der Waals surface area contributed by atoms with Crippen LogP contribution in [0.2, 0.25) is 0 Å². The van der Waals surface area contributed by atoms with Gasteiger partial charge < -0.3 is 10.5 Å². The van der Waals surface area contributed by atoms with E-state index < -0.39 is 6.03 Å². The maximum absolute atomic E-state index is 11.1. The summed E-state index contributed by atoms with van der Waals surface area (Å²) in [5.41, 5.74) is 6.32. The van der Waals surface area contributed by atoms with Gasteiger partial charge in [0.1, 0.15) is 17.4 Å². The summed E-state index contributed by atoms with van der Waals surface area (Å²) in [6.07, 6.45) is 2.33. The highest BCUT2D eigenvalue weighted by Gasteiger charge is 2.14. The van der Waals surface area contributed by atoms with Crippen LogP contribution in [0.3, 0.4) is 0 Å². The Labute approximate surface area is 126 Å². The third-order valence-electron chi connectivity index (χ3n) is 2.63. The van der Waals surface area contributed by atoms with Crippen molar-refractivity contribution in [3.63, 3.8) is 0 Å². The molecular weight excluding hydrogens is 288 g/mol. The van der Waals surface area contributed by atoms with Crippen LogP contribution in [-0.2, 0) is 0 Å². The number of urea groups is 1. The molecule has 3 N–H and O–H groups in total. The van der Waals surface area contributed by atoms with Crippen molar-refractivity contribution in [2.24, 2.45) is 5.73 Å². The molecule has 0 saturated carbocycles. The van der Waals surface area contributed by atoms with Crippen LogP contribution in [-0.4, -0.2) is 18.9 Å². The Morgan fingerprint density at radius 1 is 1.43 bits per heavy atom. The van der Waals surface area contributed by atoms with Crippen molar-refractivity contribution >= 4 is 28.7 Å². The molecule has 2 aromatic rings. The van der Waals surface area contributed by atoms with Gasteiger partial charge in [-0.15, -0.1) is 11.3 Å². The fourth-order valence-electron chi connectivity index (χ4n) is 1.78. The molecule has 0 radical (unpaired) electrons. The molecule has 5 nitrogen and oxygen atoms in total. The zero-order valence-electron chi connectivity index (χ0n) is 11.2. The number of amides is 2. The van der Waals surface area contributed by atoms with Crippen molar-refractivity contribution in [1.82, 2.24) is 0 Å². The topological polar surface area (TPSA) is 81.4 Å². The Morgan fingerprint density at radius 2 is 2.19 bits per heavy atom. The van der Waals surface area contributed by atoms with E-state index in [0.717, 1.165) is 10.4 Å². The van der Waals surface area contributed by atoms with Gasteiger partial charge in [-0.2, -0.15) is 0 Å². The molecule has 21 heavy (non-hydrogen) atoms. The quantitative estimate of drug-likeness (QED) is 0.634. The third kappa shape index (κ3) is 3.49. The predicted molar refractivity (Wildman–Crippen MR) is 84.0 cm³/mol. The molecule has 0 aliphatic carbocycles. The highest BCUT2D eigenvalue weighted by atomic mass is 32.1. The van der Waals surface area contributed by atoms with Crippen LogP contribution in [0.4, 0.5) is 9.80 Å². The Balaban J connectivity index is 2.42. The summed E-state index contributed by atoms with van der Waals surface area (Å²) in [5, 5.41) is 2.87. The zero-order valence-corrected chi connectivity index (χ0v) is 12.0. The van der Waals surface area contributed by atoms with E-state index in [9.17, 15) is 9.59 Å². The summed E-state index contributed by atoms with van der Waals surface area (Å²) >= 11 is 1.26. The van der Waals surface area contributed by atoms with Crippen LogP contribution >= 0.6 is 11.3 Å². The van der Waals surface area contributed by atoms with Crippen molar-refractivity contribution in [2.45, 2.75) is 0 Å². The van der Waals surface area contributed by atoms with Crippen molar-refractivity contribution < 1.29 is 14.3 Å². The summed E-state index contributed by atoms with van der Waals surface area (Å²) in [6.45, 7) is 4.00. The SMILES string of the molecule is C=CCOc1ccccc1-c1cc(C=O)c(NC(N)=O)s1. The van der Waals surface area contributed by atoms with Gasteiger partial charge in [0.15, 0.2) is 6.29 Å². The predicted octanol–water partition coefficient (Wildman–Crippen LogP) is 3.28. The number of ether oxygens (including phenoxy) is 1. The second-order valence-electron chi connectivity index (χ2n) is 4.10. The standard InChI is InChI=1S/C15H14N2O3S/c1-2-7-20-12-6-4-3-5-11(12)13-8-10(9-18)14(21-13)17-15(16)19/h2-6,8-9H,1,7H2,(H3,16,17,19). The van der Waals surface area contributed by atoms with Gasteiger partial charge in [-0.05, 0) is 18.2 Å². The molecule has 0 bridgehead atoms. The minimum absolute atomic E-state index is 0.382. The van der Waals surface area contributed by atoms with Crippen LogP contribution < -0.4 is 15.8 Å². The first-order valence-electron chi connectivity index (χ1n) is 6.14. The molecule has 0 aliphatic heterocycles. The van der Waals surface area contributed by atoms with Crippen molar-refractivity contribution in [1.29, 1.82) is 0 Å². The molecule has 108 valence electrons. The lowest BCUT2D eigenvalue weighted by molar-refractivity contribution is 0.112. The smallest absolute Gasteiger partial charge is 0.317 e. The lowest BCUT2D eigenvalue weighted by Gasteiger charge is -2.08. The number of nitrogens with one attached hydrogen (secondary N) is 1. The van der Waals surface area contributed by atoms with Crippen LogP contribution in [0.5, 0.6) is 5.75 Å². The monoisotopic (exact) mass is 302 g/mol. The van der Waals surface area contributed by atoms with Crippen LogP contribution in [0.1, 0.15) is 10.4 Å². The average molecular weight is 302 g/mol. The minimum atomic E-state index is -0.706. The number of anilines is 1. The molecule has 2 rings (SSSR count). The van der Waals surface area contributed by atoms with Gasteiger partial charge in [0.05, 0.1) is 0 Å². The van der Waals surface area contributed by atoms with E-state index in [1.54, 1.807) is 12.1 Å². The van der Waals surface area contributed by atoms with E-state index in [4.69, 9.17) is 10.5 Å². The summed E-state index contributed by atoms with van der Waals surface area (Å²) in [4.78, 5) is 22.8. The zero-order chi connectivity index (χ0) is 15.2. The summed E-state index contributed by atoms with van der Waals surface area (Å²) < 4.78 is 5.59. The molecule has 1 aromatic carbocycles. The van der Waals surface area contributed by atoms with Crippen LogP contribution in [0.15, 0.2) is 43.0 Å². The van der Waals surface area contributed by atoms with Crippen molar-refractivity contribution in [2.75, 3.05) is 11.9 Å². The molecule has 0 unspecified atom stereocenters. The maximum Gasteiger partial charge on any atom is 0.317 e. The molecule has 0 fully saturated rings. The van der Waals surface area contributed by atoms with E-state index in [1.807, 2.05) is 24.3 Å². The van der Waals surface area contributed by atoms with E-state index in [-0.39, 0.29) is 0 Å². The number of primary amides is 1. The second-order valence-corrected chi connectivity index (χ2v) is 5.15. The van der Waals surface area contributed by atoms with Crippen LogP contribution in [0.25, 0.3) is 10.4 Å². The van der Waals surface area contributed by atoms with E-state index in [1.165, 1.54) is 11.3 Å². The van der Waals surface area contributed by atoms with E-state index in [2.05, 4.69) is 11.9 Å². The largest absolute Gasteiger partial charge is 0.489 e. The number of hydrogen-bond donors (Lipinski definition) is 2. The minimum Gasteiger partial charge on any atom is -0.489 e. The number of rotatable bonds is 6. The molecule has 0 saturated heterocycles. The molecular formula is C15H14N2O3S. The van der Waals surface area contributed by atoms with Gasteiger partial charge in [-0.1, -0.05) is 24.8 Å². The molecule has 1 aromatic heterocycles. The molecule has 0 spiro atoms. The normalized spacial score (nSPS) is 9.90. The number of aldehydes is 1. The number of hydrogen-bond acceptors (Lipinski definition) is 4. The van der Waals surface area contributed by atoms with Crippen LogP contribution in [0, 0.1) is 0 Å².